The second-order valence-electron chi connectivity index (χ2n) is 5.42. The van der Waals surface area contributed by atoms with E-state index in [1.54, 1.807) is 0 Å². The molecule has 2 fully saturated rings. The average Bonchev–Trinajstić information content (AvgIpc) is 2.97. The fourth-order valence-electron chi connectivity index (χ4n) is 2.75. The van der Waals surface area contributed by atoms with Crippen LogP contribution >= 0.6 is 0 Å². The highest BCUT2D eigenvalue weighted by Crippen LogP contribution is 2.10. The van der Waals surface area contributed by atoms with Crippen molar-refractivity contribution in [1.29, 1.82) is 0 Å². The maximum atomic E-state index is 5.59. The molecule has 0 aliphatic carbocycles. The summed E-state index contributed by atoms with van der Waals surface area (Å²) in [5, 5.41) is 6.73. The number of rotatable bonds is 5. The Morgan fingerprint density at radius 2 is 2.05 bits per heavy atom. The molecule has 0 aromatic heterocycles. The molecule has 0 amide bonds. The second kappa shape index (κ2) is 8.38. The molecule has 19 heavy (non-hydrogen) atoms. The van der Waals surface area contributed by atoms with Gasteiger partial charge in [0.1, 0.15) is 0 Å². The van der Waals surface area contributed by atoms with Crippen molar-refractivity contribution in [2.45, 2.75) is 38.2 Å². The number of hydrogen-bond donors (Lipinski definition) is 2. The third-order valence-corrected chi connectivity index (χ3v) is 3.91. The Kier molecular flexibility index (Phi) is 6.44. The first-order chi connectivity index (χ1) is 9.38. The second-order valence-corrected chi connectivity index (χ2v) is 5.42. The molecule has 2 aliphatic heterocycles. The summed E-state index contributed by atoms with van der Waals surface area (Å²) in [7, 11) is 1.83. The lowest BCUT2D eigenvalue weighted by atomic mass is 10.1. The summed E-state index contributed by atoms with van der Waals surface area (Å²) in [6, 6.07) is 0. The third kappa shape index (κ3) is 5.37. The van der Waals surface area contributed by atoms with Crippen molar-refractivity contribution in [2.75, 3.05) is 46.4 Å². The molecule has 0 aromatic rings. The van der Waals surface area contributed by atoms with E-state index in [-0.39, 0.29) is 0 Å². The summed E-state index contributed by atoms with van der Waals surface area (Å²) in [6.45, 7) is 6.36. The van der Waals surface area contributed by atoms with Crippen molar-refractivity contribution >= 4 is 5.96 Å². The lowest BCUT2D eigenvalue weighted by molar-refractivity contribution is 0.113. The molecule has 1 unspecified atom stereocenters. The highest BCUT2D eigenvalue weighted by molar-refractivity contribution is 5.79. The minimum Gasteiger partial charge on any atom is -0.376 e. The molecule has 0 aromatic carbocycles. The third-order valence-electron chi connectivity index (χ3n) is 3.91. The monoisotopic (exact) mass is 268 g/mol. The lowest BCUT2D eigenvalue weighted by Crippen LogP contribution is -2.44. The van der Waals surface area contributed by atoms with E-state index in [2.05, 4.69) is 20.5 Å². The highest BCUT2D eigenvalue weighted by atomic mass is 16.5. The van der Waals surface area contributed by atoms with Gasteiger partial charge in [0.25, 0.3) is 0 Å². The van der Waals surface area contributed by atoms with E-state index < -0.39 is 0 Å². The molecule has 5 heteroatoms. The van der Waals surface area contributed by atoms with Crippen LogP contribution < -0.4 is 10.6 Å². The van der Waals surface area contributed by atoms with Crippen LogP contribution in [-0.2, 0) is 4.74 Å². The molecule has 0 spiro atoms. The van der Waals surface area contributed by atoms with Crippen LogP contribution in [0.2, 0.25) is 0 Å². The number of likely N-dealkylation sites (tertiary alicyclic amines) is 1. The van der Waals surface area contributed by atoms with Crippen LogP contribution in [0.1, 0.15) is 32.1 Å². The van der Waals surface area contributed by atoms with Gasteiger partial charge in [0.05, 0.1) is 6.10 Å². The van der Waals surface area contributed by atoms with Gasteiger partial charge in [-0.3, -0.25) is 4.99 Å². The molecule has 2 heterocycles. The fraction of sp³-hybridized carbons (Fsp3) is 0.929. The summed E-state index contributed by atoms with van der Waals surface area (Å²) in [5.74, 6) is 0.896. The van der Waals surface area contributed by atoms with Gasteiger partial charge in [-0.1, -0.05) is 6.42 Å². The molecule has 2 aliphatic rings. The number of ether oxygens (including phenoxy) is 1. The first-order valence-corrected chi connectivity index (χ1v) is 7.67. The number of piperidine rings is 1. The minimum atomic E-state index is 0.362. The van der Waals surface area contributed by atoms with E-state index in [1.165, 1.54) is 38.8 Å². The topological polar surface area (TPSA) is 48.9 Å². The van der Waals surface area contributed by atoms with Gasteiger partial charge >= 0.3 is 0 Å². The van der Waals surface area contributed by atoms with Gasteiger partial charge in [-0.25, -0.2) is 0 Å². The average molecular weight is 268 g/mol. The molecular weight excluding hydrogens is 240 g/mol. The maximum Gasteiger partial charge on any atom is 0.191 e. The van der Waals surface area contributed by atoms with Gasteiger partial charge in [-0.15, -0.1) is 0 Å². The summed E-state index contributed by atoms with van der Waals surface area (Å²) in [4.78, 5) is 6.78. The molecule has 0 bridgehead atoms. The van der Waals surface area contributed by atoms with Gasteiger partial charge in [-0.05, 0) is 38.8 Å². The Bertz CT molecular complexity index is 271. The first-order valence-electron chi connectivity index (χ1n) is 7.67. The SMILES string of the molecule is CN=C(NCCN1CCCCC1)NCC1CCCO1. The van der Waals surface area contributed by atoms with Crippen LogP contribution in [0.15, 0.2) is 4.99 Å². The standard InChI is InChI=1S/C14H28N4O/c1-15-14(17-12-13-6-5-11-19-13)16-7-10-18-8-3-2-4-9-18/h13H,2-12H2,1H3,(H2,15,16,17). The van der Waals surface area contributed by atoms with Crippen molar-refractivity contribution < 1.29 is 4.74 Å². The van der Waals surface area contributed by atoms with E-state index in [4.69, 9.17) is 4.74 Å². The van der Waals surface area contributed by atoms with E-state index in [0.29, 0.717) is 6.10 Å². The lowest BCUT2D eigenvalue weighted by Gasteiger charge is -2.26. The Balaban J connectivity index is 1.56. The van der Waals surface area contributed by atoms with Gasteiger partial charge < -0.3 is 20.3 Å². The van der Waals surface area contributed by atoms with Crippen LogP contribution in [-0.4, -0.2) is 63.3 Å². The predicted molar refractivity (Wildman–Crippen MR) is 78.6 cm³/mol. The minimum absolute atomic E-state index is 0.362. The molecule has 110 valence electrons. The van der Waals surface area contributed by atoms with Crippen molar-refractivity contribution in [3.05, 3.63) is 0 Å². The molecule has 2 saturated heterocycles. The maximum absolute atomic E-state index is 5.59. The molecule has 0 saturated carbocycles. The Hall–Kier alpha value is -0.810. The molecule has 2 rings (SSSR count). The van der Waals surface area contributed by atoms with Crippen molar-refractivity contribution in [1.82, 2.24) is 15.5 Å². The smallest absolute Gasteiger partial charge is 0.191 e. The van der Waals surface area contributed by atoms with E-state index in [1.807, 2.05) is 7.05 Å². The van der Waals surface area contributed by atoms with Crippen molar-refractivity contribution in [3.63, 3.8) is 0 Å². The quantitative estimate of drug-likeness (QED) is 0.572. The van der Waals surface area contributed by atoms with E-state index in [9.17, 15) is 0 Å². The first kappa shape index (κ1) is 14.6. The summed E-state index contributed by atoms with van der Waals surface area (Å²) in [5.41, 5.74) is 0. The predicted octanol–water partition coefficient (Wildman–Crippen LogP) is 0.816. The highest BCUT2D eigenvalue weighted by Gasteiger charge is 2.15. The number of aliphatic imine (C=N–C) groups is 1. The summed E-state index contributed by atoms with van der Waals surface area (Å²) < 4.78 is 5.59. The zero-order valence-corrected chi connectivity index (χ0v) is 12.2. The van der Waals surface area contributed by atoms with Crippen LogP contribution in [0.5, 0.6) is 0 Å². The van der Waals surface area contributed by atoms with Crippen LogP contribution in [0.25, 0.3) is 0 Å². The normalized spacial score (nSPS) is 25.5. The Morgan fingerprint density at radius 3 is 2.74 bits per heavy atom. The number of hydrogen-bond acceptors (Lipinski definition) is 3. The molecule has 2 N–H and O–H groups in total. The van der Waals surface area contributed by atoms with Crippen LogP contribution in [0.3, 0.4) is 0 Å². The molecule has 1 atom stereocenters. The molecular formula is C14H28N4O. The molecule has 0 radical (unpaired) electrons. The zero-order valence-electron chi connectivity index (χ0n) is 12.2. The Morgan fingerprint density at radius 1 is 1.21 bits per heavy atom. The van der Waals surface area contributed by atoms with Gasteiger partial charge in [0.2, 0.25) is 0 Å². The Labute approximate surface area is 116 Å². The van der Waals surface area contributed by atoms with Gasteiger partial charge in [0, 0.05) is 33.3 Å². The summed E-state index contributed by atoms with van der Waals surface area (Å²) in [6.07, 6.45) is 6.82. The van der Waals surface area contributed by atoms with E-state index in [0.717, 1.165) is 38.6 Å². The molecule has 5 nitrogen and oxygen atoms in total. The zero-order chi connectivity index (χ0) is 13.3. The van der Waals surface area contributed by atoms with E-state index >= 15 is 0 Å². The summed E-state index contributed by atoms with van der Waals surface area (Å²) >= 11 is 0. The fourth-order valence-corrected chi connectivity index (χ4v) is 2.75. The van der Waals surface area contributed by atoms with Crippen molar-refractivity contribution in [3.8, 4) is 0 Å². The van der Waals surface area contributed by atoms with Crippen LogP contribution in [0.4, 0.5) is 0 Å². The largest absolute Gasteiger partial charge is 0.376 e. The number of nitrogens with one attached hydrogen (secondary N) is 2. The van der Waals surface area contributed by atoms with Crippen molar-refractivity contribution in [2.24, 2.45) is 4.99 Å². The van der Waals surface area contributed by atoms with Crippen LogP contribution in [0, 0.1) is 0 Å². The number of guanidine groups is 1. The number of nitrogens with zero attached hydrogens (tertiary/aromatic N) is 2. The van der Waals surface area contributed by atoms with Gasteiger partial charge in [0.15, 0.2) is 5.96 Å². The van der Waals surface area contributed by atoms with Gasteiger partial charge in [-0.2, -0.15) is 0 Å².